The Kier molecular flexibility index (Phi) is 5.46. The number of para-hydroxylation sites is 1. The predicted octanol–water partition coefficient (Wildman–Crippen LogP) is 3.41. The van der Waals surface area contributed by atoms with E-state index in [1.165, 1.54) is 5.56 Å². The first-order chi connectivity index (χ1) is 13.8. The van der Waals surface area contributed by atoms with E-state index in [1.807, 2.05) is 24.3 Å². The molecule has 0 bridgehead atoms. The van der Waals surface area contributed by atoms with Gasteiger partial charge in [-0.3, -0.25) is 4.90 Å². The first kappa shape index (κ1) is 18.0. The summed E-state index contributed by atoms with van der Waals surface area (Å²) in [5.41, 5.74) is 2.69. The first-order valence-electron chi connectivity index (χ1n) is 9.42. The largest absolute Gasteiger partial charge is 0.339 e. The molecule has 6 heteroatoms. The van der Waals surface area contributed by atoms with Crippen LogP contribution in [-0.2, 0) is 6.54 Å². The second-order valence-electron chi connectivity index (χ2n) is 6.77. The number of nitrogens with zero attached hydrogens (tertiary/aromatic N) is 5. The lowest BCUT2D eigenvalue weighted by atomic mass is 10.2. The predicted molar refractivity (Wildman–Crippen MR) is 110 cm³/mol. The van der Waals surface area contributed by atoms with E-state index >= 15 is 0 Å². The first-order valence-corrected chi connectivity index (χ1v) is 9.42. The molecule has 0 saturated carbocycles. The van der Waals surface area contributed by atoms with Crippen LogP contribution in [0.25, 0.3) is 0 Å². The van der Waals surface area contributed by atoms with Crippen LogP contribution in [0.2, 0.25) is 0 Å². The highest BCUT2D eigenvalue weighted by atomic mass is 15.3. The molecule has 1 aliphatic heterocycles. The van der Waals surface area contributed by atoms with Crippen molar-refractivity contribution >= 4 is 17.5 Å². The van der Waals surface area contributed by atoms with Gasteiger partial charge in [0, 0.05) is 38.9 Å². The zero-order valence-electron chi connectivity index (χ0n) is 15.6. The molecule has 2 aromatic carbocycles. The average molecular weight is 370 g/mol. The quantitative estimate of drug-likeness (QED) is 0.742. The standard InChI is InChI=1S/C22H22N6/c23-16-19-8-4-5-9-20(19)25-21-10-11-24-22(26-21)28-14-12-27(13-15-28)17-18-6-2-1-3-7-18/h1-11H,12-15,17H2,(H,24,25,26). The van der Waals surface area contributed by atoms with Crippen LogP contribution in [0.1, 0.15) is 11.1 Å². The van der Waals surface area contributed by atoms with Crippen LogP contribution in [0.4, 0.5) is 17.5 Å². The molecule has 0 atom stereocenters. The molecule has 3 aromatic rings. The van der Waals surface area contributed by atoms with Gasteiger partial charge in [-0.05, 0) is 23.8 Å². The van der Waals surface area contributed by atoms with E-state index in [0.717, 1.165) is 44.4 Å². The van der Waals surface area contributed by atoms with Gasteiger partial charge in [-0.2, -0.15) is 10.2 Å². The molecule has 0 unspecified atom stereocenters. The molecule has 0 aliphatic carbocycles. The second kappa shape index (κ2) is 8.51. The number of nitrogens with one attached hydrogen (secondary N) is 1. The lowest BCUT2D eigenvalue weighted by molar-refractivity contribution is 0.248. The molecule has 2 heterocycles. The van der Waals surface area contributed by atoms with Gasteiger partial charge in [0.2, 0.25) is 5.95 Å². The van der Waals surface area contributed by atoms with E-state index in [9.17, 15) is 5.26 Å². The Bertz CT molecular complexity index is 958. The fraction of sp³-hybridized carbons (Fsp3) is 0.227. The topological polar surface area (TPSA) is 68.1 Å². The van der Waals surface area contributed by atoms with Crippen molar-refractivity contribution in [2.75, 3.05) is 36.4 Å². The van der Waals surface area contributed by atoms with E-state index in [1.54, 1.807) is 12.3 Å². The number of piperazine rings is 1. The summed E-state index contributed by atoms with van der Waals surface area (Å²) in [6.45, 7) is 4.72. The lowest BCUT2D eigenvalue weighted by Gasteiger charge is -2.34. The van der Waals surface area contributed by atoms with E-state index in [2.05, 4.69) is 61.5 Å². The summed E-state index contributed by atoms with van der Waals surface area (Å²) in [5, 5.41) is 12.5. The van der Waals surface area contributed by atoms with Crippen molar-refractivity contribution in [2.24, 2.45) is 0 Å². The van der Waals surface area contributed by atoms with Gasteiger partial charge in [0.15, 0.2) is 0 Å². The number of anilines is 3. The van der Waals surface area contributed by atoms with Crippen LogP contribution in [-0.4, -0.2) is 41.0 Å². The molecular formula is C22H22N6. The van der Waals surface area contributed by atoms with Crippen LogP contribution in [0.5, 0.6) is 0 Å². The lowest BCUT2D eigenvalue weighted by Crippen LogP contribution is -2.46. The third kappa shape index (κ3) is 4.27. The Morgan fingerprint density at radius 1 is 0.929 bits per heavy atom. The molecule has 140 valence electrons. The van der Waals surface area contributed by atoms with Crippen molar-refractivity contribution < 1.29 is 0 Å². The Balaban J connectivity index is 1.39. The maximum Gasteiger partial charge on any atom is 0.227 e. The van der Waals surface area contributed by atoms with Gasteiger partial charge < -0.3 is 10.2 Å². The van der Waals surface area contributed by atoms with E-state index in [0.29, 0.717) is 11.4 Å². The van der Waals surface area contributed by atoms with Crippen molar-refractivity contribution in [3.8, 4) is 6.07 Å². The fourth-order valence-corrected chi connectivity index (χ4v) is 3.35. The zero-order chi connectivity index (χ0) is 19.2. The Morgan fingerprint density at radius 2 is 1.68 bits per heavy atom. The summed E-state index contributed by atoms with van der Waals surface area (Å²) in [6.07, 6.45) is 1.76. The van der Waals surface area contributed by atoms with Gasteiger partial charge >= 0.3 is 0 Å². The second-order valence-corrected chi connectivity index (χ2v) is 6.77. The van der Waals surface area contributed by atoms with Gasteiger partial charge in [-0.1, -0.05) is 42.5 Å². The van der Waals surface area contributed by atoms with Gasteiger partial charge in [0.1, 0.15) is 11.9 Å². The normalized spacial score (nSPS) is 14.5. The Morgan fingerprint density at radius 3 is 2.46 bits per heavy atom. The van der Waals surface area contributed by atoms with Gasteiger partial charge in [-0.15, -0.1) is 0 Å². The van der Waals surface area contributed by atoms with Crippen LogP contribution in [0.15, 0.2) is 66.9 Å². The minimum Gasteiger partial charge on any atom is -0.339 e. The molecule has 1 aliphatic rings. The summed E-state index contributed by atoms with van der Waals surface area (Å²) in [6, 6.07) is 22.0. The van der Waals surface area contributed by atoms with Crippen molar-refractivity contribution in [2.45, 2.75) is 6.54 Å². The molecule has 28 heavy (non-hydrogen) atoms. The van der Waals surface area contributed by atoms with E-state index < -0.39 is 0 Å². The van der Waals surface area contributed by atoms with Crippen molar-refractivity contribution in [1.29, 1.82) is 5.26 Å². The van der Waals surface area contributed by atoms with Crippen LogP contribution in [0, 0.1) is 11.3 Å². The zero-order valence-corrected chi connectivity index (χ0v) is 15.6. The molecule has 0 radical (unpaired) electrons. The molecular weight excluding hydrogens is 348 g/mol. The SMILES string of the molecule is N#Cc1ccccc1Nc1ccnc(N2CCN(Cc3ccccc3)CC2)n1. The number of aromatic nitrogens is 2. The summed E-state index contributed by atoms with van der Waals surface area (Å²) < 4.78 is 0. The molecule has 1 N–H and O–H groups in total. The van der Waals surface area contributed by atoms with Crippen LogP contribution < -0.4 is 10.2 Å². The fourth-order valence-electron chi connectivity index (χ4n) is 3.35. The van der Waals surface area contributed by atoms with Crippen LogP contribution >= 0.6 is 0 Å². The van der Waals surface area contributed by atoms with Crippen molar-refractivity contribution in [3.05, 3.63) is 78.0 Å². The summed E-state index contributed by atoms with van der Waals surface area (Å²) in [7, 11) is 0. The minimum atomic E-state index is 0.595. The van der Waals surface area contributed by atoms with Gasteiger partial charge in [0.25, 0.3) is 0 Å². The summed E-state index contributed by atoms with van der Waals surface area (Å²) in [5.74, 6) is 1.42. The average Bonchev–Trinajstić information content (AvgIpc) is 2.76. The highest BCUT2D eigenvalue weighted by molar-refractivity contribution is 5.64. The molecule has 1 fully saturated rings. The maximum atomic E-state index is 9.25. The third-order valence-corrected chi connectivity index (χ3v) is 4.86. The monoisotopic (exact) mass is 370 g/mol. The van der Waals surface area contributed by atoms with Crippen molar-refractivity contribution in [1.82, 2.24) is 14.9 Å². The molecule has 4 rings (SSSR count). The van der Waals surface area contributed by atoms with Crippen molar-refractivity contribution in [3.63, 3.8) is 0 Å². The molecule has 0 amide bonds. The van der Waals surface area contributed by atoms with E-state index in [-0.39, 0.29) is 0 Å². The van der Waals surface area contributed by atoms with E-state index in [4.69, 9.17) is 0 Å². The molecule has 6 nitrogen and oxygen atoms in total. The Labute approximate surface area is 165 Å². The Hall–Kier alpha value is -3.43. The minimum absolute atomic E-state index is 0.595. The molecule has 0 spiro atoms. The third-order valence-electron chi connectivity index (χ3n) is 4.86. The highest BCUT2D eigenvalue weighted by Gasteiger charge is 2.19. The number of benzene rings is 2. The van der Waals surface area contributed by atoms with Crippen LogP contribution in [0.3, 0.4) is 0 Å². The molecule has 1 aromatic heterocycles. The number of hydrogen-bond donors (Lipinski definition) is 1. The number of hydrogen-bond acceptors (Lipinski definition) is 6. The van der Waals surface area contributed by atoms with Gasteiger partial charge in [0.05, 0.1) is 11.3 Å². The van der Waals surface area contributed by atoms with Gasteiger partial charge in [-0.25, -0.2) is 4.98 Å². The smallest absolute Gasteiger partial charge is 0.227 e. The number of rotatable bonds is 5. The maximum absolute atomic E-state index is 9.25. The summed E-state index contributed by atoms with van der Waals surface area (Å²) in [4.78, 5) is 13.8. The molecule has 1 saturated heterocycles. The number of nitriles is 1. The summed E-state index contributed by atoms with van der Waals surface area (Å²) >= 11 is 0. The highest BCUT2D eigenvalue weighted by Crippen LogP contribution is 2.20.